The molecule has 0 amide bonds. The van der Waals surface area contributed by atoms with Gasteiger partial charge in [-0.25, -0.2) is 0 Å². The predicted octanol–water partition coefficient (Wildman–Crippen LogP) is 2.25. The van der Waals surface area contributed by atoms with Gasteiger partial charge in [0.1, 0.15) is 0 Å². The molecule has 1 aliphatic heterocycles. The van der Waals surface area contributed by atoms with Crippen molar-refractivity contribution in [3.8, 4) is 0 Å². The molecule has 3 heteroatoms. The lowest BCUT2D eigenvalue weighted by Crippen LogP contribution is -2.49. The third kappa shape index (κ3) is 3.46. The molecule has 0 aromatic carbocycles. The van der Waals surface area contributed by atoms with Gasteiger partial charge in [-0.2, -0.15) is 0 Å². The number of ether oxygens (including phenoxy) is 1. The summed E-state index contributed by atoms with van der Waals surface area (Å²) < 4.78 is 5.68. The molecule has 2 N–H and O–H groups in total. The van der Waals surface area contributed by atoms with Gasteiger partial charge in [0.25, 0.3) is 0 Å². The molecule has 0 spiro atoms. The molecule has 18 heavy (non-hydrogen) atoms. The lowest BCUT2D eigenvalue weighted by Gasteiger charge is -2.42. The molecule has 0 radical (unpaired) electrons. The van der Waals surface area contributed by atoms with E-state index in [0.29, 0.717) is 0 Å². The molecule has 0 aromatic rings. The van der Waals surface area contributed by atoms with Gasteiger partial charge in [0, 0.05) is 20.2 Å². The number of hydrogen-bond donors (Lipinski definition) is 1. The van der Waals surface area contributed by atoms with Gasteiger partial charge in [-0.05, 0) is 57.5 Å². The van der Waals surface area contributed by atoms with Crippen molar-refractivity contribution >= 4 is 0 Å². The first-order valence-electron chi connectivity index (χ1n) is 7.64. The Balaban J connectivity index is 1.87. The van der Waals surface area contributed by atoms with Gasteiger partial charge in [-0.15, -0.1) is 0 Å². The van der Waals surface area contributed by atoms with Crippen molar-refractivity contribution in [3.05, 3.63) is 0 Å². The highest BCUT2D eigenvalue weighted by atomic mass is 16.5. The minimum atomic E-state index is 0.0745. The van der Waals surface area contributed by atoms with Crippen LogP contribution < -0.4 is 5.73 Å². The van der Waals surface area contributed by atoms with Crippen LogP contribution in [0.5, 0.6) is 0 Å². The number of rotatable bonds is 4. The zero-order valence-electron chi connectivity index (χ0n) is 12.2. The second-order valence-corrected chi connectivity index (χ2v) is 6.53. The Kier molecular flexibility index (Phi) is 5.05. The molecule has 1 saturated heterocycles. The smallest absolute Gasteiger partial charge is 0.0777 e. The van der Waals surface area contributed by atoms with E-state index in [9.17, 15) is 0 Å². The molecule has 106 valence electrons. The Morgan fingerprint density at radius 2 is 1.94 bits per heavy atom. The Bertz CT molecular complexity index is 259. The summed E-state index contributed by atoms with van der Waals surface area (Å²) in [5.74, 6) is 1.58. The van der Waals surface area contributed by atoms with E-state index in [2.05, 4.69) is 11.8 Å². The van der Waals surface area contributed by atoms with Crippen LogP contribution in [0.1, 0.15) is 45.4 Å². The van der Waals surface area contributed by atoms with Crippen molar-refractivity contribution in [1.29, 1.82) is 0 Å². The fraction of sp³-hybridized carbons (Fsp3) is 1.00. The molecule has 3 nitrogen and oxygen atoms in total. The van der Waals surface area contributed by atoms with Crippen molar-refractivity contribution in [3.63, 3.8) is 0 Å². The summed E-state index contributed by atoms with van der Waals surface area (Å²) in [6.07, 6.45) is 7.97. The molecule has 0 bridgehead atoms. The fourth-order valence-corrected chi connectivity index (χ4v) is 3.80. The molecular weight excluding hydrogens is 224 g/mol. The summed E-state index contributed by atoms with van der Waals surface area (Å²) in [6.45, 7) is 6.70. The summed E-state index contributed by atoms with van der Waals surface area (Å²) in [5.41, 5.74) is 6.01. The highest BCUT2D eigenvalue weighted by Crippen LogP contribution is 2.32. The molecule has 1 heterocycles. The van der Waals surface area contributed by atoms with Crippen LogP contribution in [0.15, 0.2) is 0 Å². The molecule has 1 saturated carbocycles. The minimum absolute atomic E-state index is 0.0745. The van der Waals surface area contributed by atoms with E-state index in [1.807, 2.05) is 7.11 Å². The number of nitrogens with zero attached hydrogens (tertiary/aromatic N) is 1. The van der Waals surface area contributed by atoms with Crippen molar-refractivity contribution in [2.75, 3.05) is 33.3 Å². The molecule has 3 unspecified atom stereocenters. The third-order valence-corrected chi connectivity index (χ3v) is 5.09. The van der Waals surface area contributed by atoms with Crippen molar-refractivity contribution in [2.45, 2.75) is 51.0 Å². The normalized spacial score (nSPS) is 38.8. The molecule has 2 aliphatic rings. The van der Waals surface area contributed by atoms with Crippen LogP contribution in [0.25, 0.3) is 0 Å². The second kappa shape index (κ2) is 6.36. The topological polar surface area (TPSA) is 38.5 Å². The quantitative estimate of drug-likeness (QED) is 0.836. The van der Waals surface area contributed by atoms with Crippen LogP contribution in [0.3, 0.4) is 0 Å². The number of nitrogens with two attached hydrogens (primary N) is 1. The average Bonchev–Trinajstić information content (AvgIpc) is 2.39. The van der Waals surface area contributed by atoms with Crippen LogP contribution >= 0.6 is 0 Å². The van der Waals surface area contributed by atoms with E-state index in [-0.39, 0.29) is 5.60 Å². The highest BCUT2D eigenvalue weighted by molar-refractivity contribution is 4.87. The summed E-state index contributed by atoms with van der Waals surface area (Å²) in [5, 5.41) is 0. The van der Waals surface area contributed by atoms with Crippen LogP contribution in [0.2, 0.25) is 0 Å². The monoisotopic (exact) mass is 254 g/mol. The van der Waals surface area contributed by atoms with Crippen LogP contribution in [-0.4, -0.2) is 43.8 Å². The SMILES string of the molecule is COC1(C)CCCN(CC2CCCCC2CN)C1. The van der Waals surface area contributed by atoms with Crippen molar-refractivity contribution in [1.82, 2.24) is 4.90 Å². The van der Waals surface area contributed by atoms with Gasteiger partial charge in [0.15, 0.2) is 0 Å². The van der Waals surface area contributed by atoms with E-state index >= 15 is 0 Å². The zero-order valence-corrected chi connectivity index (χ0v) is 12.2. The van der Waals surface area contributed by atoms with E-state index in [0.717, 1.165) is 24.9 Å². The van der Waals surface area contributed by atoms with Gasteiger partial charge < -0.3 is 15.4 Å². The molecule has 2 rings (SSSR count). The first kappa shape index (κ1) is 14.3. The van der Waals surface area contributed by atoms with Crippen LogP contribution in [0.4, 0.5) is 0 Å². The summed E-state index contributed by atoms with van der Waals surface area (Å²) in [4.78, 5) is 2.62. The number of hydrogen-bond acceptors (Lipinski definition) is 3. The molecule has 1 aliphatic carbocycles. The standard InChI is InChI=1S/C15H30N2O/c1-15(18-2)8-5-9-17(12-15)11-14-7-4-3-6-13(14)10-16/h13-14H,3-12,16H2,1-2H3. The van der Waals surface area contributed by atoms with Crippen molar-refractivity contribution < 1.29 is 4.74 Å². The molecular formula is C15H30N2O. The minimum Gasteiger partial charge on any atom is -0.377 e. The molecule has 2 fully saturated rings. The lowest BCUT2D eigenvalue weighted by molar-refractivity contribution is -0.0564. The van der Waals surface area contributed by atoms with Gasteiger partial charge in [0.2, 0.25) is 0 Å². The van der Waals surface area contributed by atoms with E-state index in [4.69, 9.17) is 10.5 Å². The number of methoxy groups -OCH3 is 1. The summed E-state index contributed by atoms with van der Waals surface area (Å²) in [7, 11) is 1.85. The average molecular weight is 254 g/mol. The van der Waals surface area contributed by atoms with Crippen molar-refractivity contribution in [2.24, 2.45) is 17.6 Å². The number of piperidine rings is 1. The lowest BCUT2D eigenvalue weighted by atomic mass is 9.78. The summed E-state index contributed by atoms with van der Waals surface area (Å²) in [6, 6.07) is 0. The maximum absolute atomic E-state index is 5.94. The first-order valence-corrected chi connectivity index (χ1v) is 7.64. The Morgan fingerprint density at radius 1 is 1.22 bits per heavy atom. The van der Waals surface area contributed by atoms with Crippen LogP contribution in [0, 0.1) is 11.8 Å². The second-order valence-electron chi connectivity index (χ2n) is 6.53. The number of likely N-dealkylation sites (tertiary alicyclic amines) is 1. The Morgan fingerprint density at radius 3 is 2.61 bits per heavy atom. The largest absolute Gasteiger partial charge is 0.377 e. The van der Waals surface area contributed by atoms with Gasteiger partial charge in [-0.1, -0.05) is 12.8 Å². The van der Waals surface area contributed by atoms with Gasteiger partial charge in [0.05, 0.1) is 5.60 Å². The van der Waals surface area contributed by atoms with Gasteiger partial charge >= 0.3 is 0 Å². The summed E-state index contributed by atoms with van der Waals surface area (Å²) >= 11 is 0. The van der Waals surface area contributed by atoms with Gasteiger partial charge in [-0.3, -0.25) is 0 Å². The molecule has 0 aromatic heterocycles. The predicted molar refractivity (Wildman–Crippen MR) is 75.6 cm³/mol. The Hall–Kier alpha value is -0.120. The third-order valence-electron chi connectivity index (χ3n) is 5.09. The van der Waals surface area contributed by atoms with E-state index in [1.54, 1.807) is 0 Å². The Labute approximate surface area is 112 Å². The maximum Gasteiger partial charge on any atom is 0.0777 e. The maximum atomic E-state index is 5.94. The zero-order chi connectivity index (χ0) is 13.0. The van der Waals surface area contributed by atoms with E-state index < -0.39 is 0 Å². The van der Waals surface area contributed by atoms with Crippen LogP contribution in [-0.2, 0) is 4.74 Å². The fourth-order valence-electron chi connectivity index (χ4n) is 3.80. The highest BCUT2D eigenvalue weighted by Gasteiger charge is 2.33. The molecule has 3 atom stereocenters. The first-order chi connectivity index (χ1) is 8.67. The van der Waals surface area contributed by atoms with E-state index in [1.165, 1.54) is 51.6 Å².